The van der Waals surface area contributed by atoms with Crippen molar-refractivity contribution in [2.75, 3.05) is 11.4 Å². The highest BCUT2D eigenvalue weighted by Crippen LogP contribution is 2.27. The maximum absolute atomic E-state index is 13.8. The molecule has 0 aliphatic carbocycles. The summed E-state index contributed by atoms with van der Waals surface area (Å²) in [7, 11) is 0. The minimum absolute atomic E-state index is 0.00384. The minimum Gasteiger partial charge on any atom is -0.347 e. The molecule has 3 rings (SSSR count). The number of amides is 2. The standard InChI is InChI=1S/C15H13F2N3O2S/c1-8-10(7-23-19-8)15(22)18-9-5-13(21)20(6-9)14-11(16)3-2-4-12(14)17/h2-4,7,9H,5-6H2,1H3,(H,18,22)/t9-/m0/s1. The first-order valence-electron chi connectivity index (χ1n) is 6.93. The van der Waals surface area contributed by atoms with Crippen molar-refractivity contribution in [3.8, 4) is 0 Å². The Bertz CT molecular complexity index is 758. The van der Waals surface area contributed by atoms with E-state index in [1.165, 1.54) is 17.6 Å². The Kier molecular flexibility index (Phi) is 4.08. The van der Waals surface area contributed by atoms with Crippen LogP contribution >= 0.6 is 11.5 Å². The molecule has 23 heavy (non-hydrogen) atoms. The number of carbonyl (C=O) groups is 2. The van der Waals surface area contributed by atoms with E-state index in [9.17, 15) is 18.4 Å². The number of carbonyl (C=O) groups excluding carboxylic acids is 2. The van der Waals surface area contributed by atoms with Gasteiger partial charge in [0.15, 0.2) is 0 Å². The highest BCUT2D eigenvalue weighted by molar-refractivity contribution is 7.03. The zero-order chi connectivity index (χ0) is 16.6. The van der Waals surface area contributed by atoms with Gasteiger partial charge in [0, 0.05) is 18.3 Å². The van der Waals surface area contributed by atoms with E-state index in [1.54, 1.807) is 12.3 Å². The van der Waals surface area contributed by atoms with Crippen molar-refractivity contribution in [3.63, 3.8) is 0 Å². The zero-order valence-corrected chi connectivity index (χ0v) is 13.0. The van der Waals surface area contributed by atoms with Gasteiger partial charge < -0.3 is 10.2 Å². The quantitative estimate of drug-likeness (QED) is 0.934. The second-order valence-electron chi connectivity index (χ2n) is 5.26. The van der Waals surface area contributed by atoms with Crippen molar-refractivity contribution >= 4 is 29.0 Å². The first-order valence-corrected chi connectivity index (χ1v) is 7.77. The number of nitrogens with zero attached hydrogens (tertiary/aromatic N) is 2. The first kappa shape index (κ1) is 15.5. The summed E-state index contributed by atoms with van der Waals surface area (Å²) in [6, 6.07) is 2.92. The molecule has 120 valence electrons. The molecular formula is C15H13F2N3O2S. The molecule has 0 unspecified atom stereocenters. The second kappa shape index (κ2) is 6.04. The molecule has 0 bridgehead atoms. The minimum atomic E-state index is -0.803. The number of hydrogen-bond donors (Lipinski definition) is 1. The van der Waals surface area contributed by atoms with Crippen molar-refractivity contribution in [3.05, 3.63) is 46.5 Å². The molecule has 2 amide bonds. The molecule has 1 aliphatic rings. The molecule has 0 radical (unpaired) electrons. The van der Waals surface area contributed by atoms with Crippen LogP contribution in [-0.4, -0.2) is 28.8 Å². The molecule has 1 aliphatic heterocycles. The third kappa shape index (κ3) is 2.94. The lowest BCUT2D eigenvalue weighted by Crippen LogP contribution is -2.37. The van der Waals surface area contributed by atoms with Crippen molar-refractivity contribution in [1.82, 2.24) is 9.69 Å². The Labute approximate surface area is 135 Å². The molecule has 0 saturated carbocycles. The van der Waals surface area contributed by atoms with E-state index < -0.39 is 23.6 Å². The highest BCUT2D eigenvalue weighted by Gasteiger charge is 2.34. The van der Waals surface area contributed by atoms with E-state index in [4.69, 9.17) is 0 Å². The van der Waals surface area contributed by atoms with E-state index in [0.29, 0.717) is 11.3 Å². The number of nitrogens with one attached hydrogen (secondary N) is 1. The van der Waals surface area contributed by atoms with Crippen LogP contribution in [0.15, 0.2) is 23.6 Å². The van der Waals surface area contributed by atoms with Crippen LogP contribution in [0.1, 0.15) is 22.5 Å². The normalized spacial score (nSPS) is 17.6. The van der Waals surface area contributed by atoms with Crippen LogP contribution in [0.25, 0.3) is 0 Å². The number of aryl methyl sites for hydroxylation is 1. The lowest BCUT2D eigenvalue weighted by atomic mass is 10.2. The Morgan fingerprint density at radius 3 is 2.70 bits per heavy atom. The third-order valence-corrected chi connectivity index (χ3v) is 4.38. The summed E-state index contributed by atoms with van der Waals surface area (Å²) in [5.74, 6) is -2.38. The molecule has 1 aromatic carbocycles. The van der Waals surface area contributed by atoms with Crippen molar-refractivity contribution in [2.45, 2.75) is 19.4 Å². The topological polar surface area (TPSA) is 62.3 Å². The van der Waals surface area contributed by atoms with Gasteiger partial charge in [0.1, 0.15) is 17.3 Å². The summed E-state index contributed by atoms with van der Waals surface area (Å²) >= 11 is 1.17. The second-order valence-corrected chi connectivity index (χ2v) is 5.89. The smallest absolute Gasteiger partial charge is 0.254 e. The number of para-hydroxylation sites is 1. The summed E-state index contributed by atoms with van der Waals surface area (Å²) in [4.78, 5) is 25.2. The molecule has 1 fully saturated rings. The van der Waals surface area contributed by atoms with Crippen LogP contribution in [0.5, 0.6) is 0 Å². The number of anilines is 1. The largest absolute Gasteiger partial charge is 0.347 e. The summed E-state index contributed by atoms with van der Waals surface area (Å²) in [6.07, 6.45) is -0.00384. The van der Waals surface area contributed by atoms with Gasteiger partial charge in [0.25, 0.3) is 5.91 Å². The van der Waals surface area contributed by atoms with Gasteiger partial charge >= 0.3 is 0 Å². The molecule has 2 aromatic rings. The Morgan fingerprint density at radius 1 is 1.39 bits per heavy atom. The van der Waals surface area contributed by atoms with Crippen molar-refractivity contribution in [1.29, 1.82) is 0 Å². The number of rotatable bonds is 3. The van der Waals surface area contributed by atoms with Crippen molar-refractivity contribution in [2.24, 2.45) is 0 Å². The van der Waals surface area contributed by atoms with Gasteiger partial charge in [-0.2, -0.15) is 4.37 Å². The predicted octanol–water partition coefficient (Wildman–Crippen LogP) is 2.27. The van der Waals surface area contributed by atoms with Gasteiger partial charge in [-0.25, -0.2) is 8.78 Å². The van der Waals surface area contributed by atoms with Crippen LogP contribution in [0.4, 0.5) is 14.5 Å². The molecule has 0 spiro atoms. The highest BCUT2D eigenvalue weighted by atomic mass is 32.1. The molecule has 1 saturated heterocycles. The van der Waals surface area contributed by atoms with Crippen molar-refractivity contribution < 1.29 is 18.4 Å². The third-order valence-electron chi connectivity index (χ3n) is 3.66. The fourth-order valence-electron chi connectivity index (χ4n) is 2.54. The maximum Gasteiger partial charge on any atom is 0.254 e. The molecule has 1 N–H and O–H groups in total. The molecule has 1 aromatic heterocycles. The van der Waals surface area contributed by atoms with E-state index in [-0.39, 0.29) is 24.6 Å². The van der Waals surface area contributed by atoms with Crippen LogP contribution < -0.4 is 10.2 Å². The zero-order valence-electron chi connectivity index (χ0n) is 12.2. The molecule has 1 atom stereocenters. The number of halogens is 2. The summed E-state index contributed by atoms with van der Waals surface area (Å²) in [5, 5.41) is 4.33. The lowest BCUT2D eigenvalue weighted by molar-refractivity contribution is -0.117. The van der Waals surface area contributed by atoms with Gasteiger partial charge in [-0.3, -0.25) is 9.59 Å². The van der Waals surface area contributed by atoms with Gasteiger partial charge in [-0.1, -0.05) is 6.07 Å². The Balaban J connectivity index is 1.75. The van der Waals surface area contributed by atoms with E-state index in [1.807, 2.05) is 0 Å². The predicted molar refractivity (Wildman–Crippen MR) is 81.4 cm³/mol. The van der Waals surface area contributed by atoms with E-state index in [2.05, 4.69) is 9.69 Å². The number of aromatic nitrogens is 1. The monoisotopic (exact) mass is 337 g/mol. The van der Waals surface area contributed by atoms with Gasteiger partial charge in [-0.15, -0.1) is 0 Å². The first-order chi connectivity index (χ1) is 11.0. The van der Waals surface area contributed by atoms with Gasteiger partial charge in [0.05, 0.1) is 17.3 Å². The average molecular weight is 337 g/mol. The fourth-order valence-corrected chi connectivity index (χ4v) is 3.23. The van der Waals surface area contributed by atoms with Crippen LogP contribution in [-0.2, 0) is 4.79 Å². The molecule has 5 nitrogen and oxygen atoms in total. The van der Waals surface area contributed by atoms with E-state index in [0.717, 1.165) is 17.0 Å². The van der Waals surface area contributed by atoms with Crippen LogP contribution in [0.3, 0.4) is 0 Å². The summed E-state index contributed by atoms with van der Waals surface area (Å²) in [6.45, 7) is 1.74. The SMILES string of the molecule is Cc1nscc1C(=O)N[C@H]1CC(=O)N(c2c(F)cccc2F)C1. The average Bonchev–Trinajstić information content (AvgIpc) is 3.05. The molecule has 2 heterocycles. The molecular weight excluding hydrogens is 324 g/mol. The molecule has 8 heteroatoms. The van der Waals surface area contributed by atoms with E-state index >= 15 is 0 Å². The Hall–Kier alpha value is -2.35. The number of hydrogen-bond acceptors (Lipinski definition) is 4. The number of benzene rings is 1. The summed E-state index contributed by atoms with van der Waals surface area (Å²) in [5.41, 5.74) is 0.675. The Morgan fingerprint density at radius 2 is 2.09 bits per heavy atom. The van der Waals surface area contributed by atoms with Gasteiger partial charge in [-0.05, 0) is 30.6 Å². The summed E-state index contributed by atoms with van der Waals surface area (Å²) < 4.78 is 31.6. The van der Waals surface area contributed by atoms with Crippen LogP contribution in [0, 0.1) is 18.6 Å². The van der Waals surface area contributed by atoms with Gasteiger partial charge in [0.2, 0.25) is 5.91 Å². The van der Waals surface area contributed by atoms with Crippen LogP contribution in [0.2, 0.25) is 0 Å². The maximum atomic E-state index is 13.8. The fraction of sp³-hybridized carbons (Fsp3) is 0.267. The lowest BCUT2D eigenvalue weighted by Gasteiger charge is -2.18.